The Kier molecular flexibility index (Phi) is 3.93. The number of nitrogens with zero attached hydrogens (tertiary/aromatic N) is 1. The molecule has 2 N–H and O–H groups in total. The molecule has 0 saturated heterocycles. The molecule has 0 bridgehead atoms. The quantitative estimate of drug-likeness (QED) is 0.861. The first-order valence-electron chi connectivity index (χ1n) is 6.72. The SMILES string of the molecule is C[C@@H](O)c1ccc(N(C)CC2(O)CCCC2)cc1. The van der Waals surface area contributed by atoms with E-state index in [-0.39, 0.29) is 0 Å². The Bertz CT molecular complexity index is 380. The van der Waals surface area contributed by atoms with Crippen LogP contribution < -0.4 is 4.90 Å². The van der Waals surface area contributed by atoms with Gasteiger partial charge in [-0.15, -0.1) is 0 Å². The first kappa shape index (κ1) is 13.4. The largest absolute Gasteiger partial charge is 0.389 e. The number of likely N-dealkylation sites (N-methyl/N-ethyl adjacent to an activating group) is 1. The first-order valence-corrected chi connectivity index (χ1v) is 6.72. The minimum atomic E-state index is -0.516. The second kappa shape index (κ2) is 5.29. The summed E-state index contributed by atoms with van der Waals surface area (Å²) in [5, 5.41) is 19.9. The van der Waals surface area contributed by atoms with Gasteiger partial charge in [0.1, 0.15) is 0 Å². The molecule has 18 heavy (non-hydrogen) atoms. The van der Waals surface area contributed by atoms with Crippen molar-refractivity contribution in [1.82, 2.24) is 0 Å². The molecule has 2 rings (SSSR count). The van der Waals surface area contributed by atoms with Crippen LogP contribution >= 0.6 is 0 Å². The highest BCUT2D eigenvalue weighted by Crippen LogP contribution is 2.31. The van der Waals surface area contributed by atoms with Crippen molar-refractivity contribution in [3.63, 3.8) is 0 Å². The number of anilines is 1. The van der Waals surface area contributed by atoms with Crippen molar-refractivity contribution in [2.75, 3.05) is 18.5 Å². The van der Waals surface area contributed by atoms with Crippen molar-refractivity contribution < 1.29 is 10.2 Å². The summed E-state index contributed by atoms with van der Waals surface area (Å²) in [7, 11) is 2.01. The van der Waals surface area contributed by atoms with E-state index in [1.807, 2.05) is 31.3 Å². The molecule has 1 aliphatic rings. The van der Waals surface area contributed by atoms with Gasteiger partial charge in [-0.3, -0.25) is 0 Å². The molecule has 0 radical (unpaired) electrons. The van der Waals surface area contributed by atoms with E-state index in [0.717, 1.165) is 36.9 Å². The zero-order valence-electron chi connectivity index (χ0n) is 11.3. The summed E-state index contributed by atoms with van der Waals surface area (Å²) < 4.78 is 0. The van der Waals surface area contributed by atoms with Gasteiger partial charge in [0.25, 0.3) is 0 Å². The molecule has 0 heterocycles. The van der Waals surface area contributed by atoms with Gasteiger partial charge in [-0.1, -0.05) is 25.0 Å². The van der Waals surface area contributed by atoms with Crippen molar-refractivity contribution in [1.29, 1.82) is 0 Å². The molecule has 0 spiro atoms. The van der Waals surface area contributed by atoms with Gasteiger partial charge in [-0.05, 0) is 37.5 Å². The first-order chi connectivity index (χ1) is 8.50. The fourth-order valence-corrected chi connectivity index (χ4v) is 2.73. The summed E-state index contributed by atoms with van der Waals surface area (Å²) >= 11 is 0. The van der Waals surface area contributed by atoms with Gasteiger partial charge in [0.15, 0.2) is 0 Å². The zero-order valence-corrected chi connectivity index (χ0v) is 11.3. The summed E-state index contributed by atoms with van der Waals surface area (Å²) in [6.07, 6.45) is 3.64. The van der Waals surface area contributed by atoms with Gasteiger partial charge in [-0.25, -0.2) is 0 Å². The molecular formula is C15H23NO2. The van der Waals surface area contributed by atoms with E-state index in [1.54, 1.807) is 6.92 Å². The molecule has 1 aromatic rings. The molecule has 0 aliphatic heterocycles. The molecule has 0 amide bonds. The maximum Gasteiger partial charge on any atom is 0.0821 e. The minimum absolute atomic E-state index is 0.427. The zero-order chi connectivity index (χ0) is 13.2. The van der Waals surface area contributed by atoms with E-state index < -0.39 is 11.7 Å². The van der Waals surface area contributed by atoms with Gasteiger partial charge >= 0.3 is 0 Å². The fraction of sp³-hybridized carbons (Fsp3) is 0.600. The van der Waals surface area contributed by atoms with Gasteiger partial charge in [-0.2, -0.15) is 0 Å². The second-order valence-electron chi connectivity index (χ2n) is 5.56. The summed E-state index contributed by atoms with van der Waals surface area (Å²) in [5.74, 6) is 0. The van der Waals surface area contributed by atoms with Crippen LogP contribution in [-0.4, -0.2) is 29.4 Å². The van der Waals surface area contributed by atoms with E-state index in [2.05, 4.69) is 4.90 Å². The number of hydrogen-bond acceptors (Lipinski definition) is 3. The van der Waals surface area contributed by atoms with Crippen LogP contribution in [0.25, 0.3) is 0 Å². The Morgan fingerprint density at radius 1 is 1.22 bits per heavy atom. The van der Waals surface area contributed by atoms with E-state index in [0.29, 0.717) is 6.54 Å². The lowest BCUT2D eigenvalue weighted by Gasteiger charge is -2.30. The van der Waals surface area contributed by atoms with E-state index in [9.17, 15) is 10.2 Å². The van der Waals surface area contributed by atoms with Crippen LogP contribution in [0.2, 0.25) is 0 Å². The predicted molar refractivity (Wildman–Crippen MR) is 73.8 cm³/mol. The summed E-state index contributed by atoms with van der Waals surface area (Å²) in [4.78, 5) is 2.09. The van der Waals surface area contributed by atoms with E-state index in [4.69, 9.17) is 0 Å². The smallest absolute Gasteiger partial charge is 0.0821 e. The third-order valence-corrected chi connectivity index (χ3v) is 3.88. The topological polar surface area (TPSA) is 43.7 Å². The van der Waals surface area contributed by atoms with Gasteiger partial charge in [0.2, 0.25) is 0 Å². The van der Waals surface area contributed by atoms with Crippen molar-refractivity contribution in [3.05, 3.63) is 29.8 Å². The molecule has 1 aromatic carbocycles. The van der Waals surface area contributed by atoms with E-state index >= 15 is 0 Å². The molecule has 0 aromatic heterocycles. The van der Waals surface area contributed by atoms with Crippen LogP contribution in [0.1, 0.15) is 44.3 Å². The van der Waals surface area contributed by atoms with Crippen molar-refractivity contribution in [2.45, 2.75) is 44.3 Å². The standard InChI is InChI=1S/C15H23NO2/c1-12(17)13-5-7-14(8-6-13)16(2)11-15(18)9-3-4-10-15/h5-8,12,17-18H,3-4,9-11H2,1-2H3/t12-/m1/s1. The fourth-order valence-electron chi connectivity index (χ4n) is 2.73. The average molecular weight is 249 g/mol. The highest BCUT2D eigenvalue weighted by Gasteiger charge is 2.32. The van der Waals surface area contributed by atoms with Crippen molar-refractivity contribution in [3.8, 4) is 0 Å². The van der Waals surface area contributed by atoms with Crippen LogP contribution in [0.15, 0.2) is 24.3 Å². The second-order valence-corrected chi connectivity index (χ2v) is 5.56. The molecule has 0 unspecified atom stereocenters. The van der Waals surface area contributed by atoms with Gasteiger partial charge < -0.3 is 15.1 Å². The average Bonchev–Trinajstić information content (AvgIpc) is 2.76. The summed E-state index contributed by atoms with van der Waals surface area (Å²) in [6, 6.07) is 7.88. The maximum absolute atomic E-state index is 10.4. The number of rotatable bonds is 4. The van der Waals surface area contributed by atoms with Crippen LogP contribution in [0, 0.1) is 0 Å². The Morgan fingerprint density at radius 3 is 2.28 bits per heavy atom. The van der Waals surface area contributed by atoms with Crippen LogP contribution in [-0.2, 0) is 0 Å². The predicted octanol–water partition coefficient (Wildman–Crippen LogP) is 2.48. The molecule has 1 saturated carbocycles. The number of benzene rings is 1. The molecule has 3 nitrogen and oxygen atoms in total. The Hall–Kier alpha value is -1.06. The number of aliphatic hydroxyl groups excluding tert-OH is 1. The third-order valence-electron chi connectivity index (χ3n) is 3.88. The lowest BCUT2D eigenvalue weighted by molar-refractivity contribution is 0.0559. The molecule has 1 fully saturated rings. The van der Waals surface area contributed by atoms with E-state index in [1.165, 1.54) is 0 Å². The van der Waals surface area contributed by atoms with Gasteiger partial charge in [0, 0.05) is 19.3 Å². The Morgan fingerprint density at radius 2 is 1.78 bits per heavy atom. The minimum Gasteiger partial charge on any atom is -0.389 e. The molecule has 1 atom stereocenters. The Labute approximate surface area is 109 Å². The molecule has 3 heteroatoms. The van der Waals surface area contributed by atoms with Crippen LogP contribution in [0.3, 0.4) is 0 Å². The molecule has 100 valence electrons. The van der Waals surface area contributed by atoms with Gasteiger partial charge in [0.05, 0.1) is 11.7 Å². The number of hydrogen-bond donors (Lipinski definition) is 2. The molecular weight excluding hydrogens is 226 g/mol. The van der Waals surface area contributed by atoms with Crippen molar-refractivity contribution >= 4 is 5.69 Å². The van der Waals surface area contributed by atoms with Crippen LogP contribution in [0.5, 0.6) is 0 Å². The molecule has 1 aliphatic carbocycles. The maximum atomic E-state index is 10.4. The lowest BCUT2D eigenvalue weighted by atomic mass is 10.0. The lowest BCUT2D eigenvalue weighted by Crippen LogP contribution is -2.39. The highest BCUT2D eigenvalue weighted by atomic mass is 16.3. The van der Waals surface area contributed by atoms with Crippen molar-refractivity contribution in [2.24, 2.45) is 0 Å². The van der Waals surface area contributed by atoms with Crippen LogP contribution in [0.4, 0.5) is 5.69 Å². The third kappa shape index (κ3) is 3.03. The summed E-state index contributed by atoms with van der Waals surface area (Å²) in [5.41, 5.74) is 1.49. The number of aliphatic hydroxyl groups is 2. The Balaban J connectivity index is 2.02. The summed E-state index contributed by atoms with van der Waals surface area (Å²) in [6.45, 7) is 2.45. The normalized spacial score (nSPS) is 19.8. The monoisotopic (exact) mass is 249 g/mol. The highest BCUT2D eigenvalue weighted by molar-refractivity contribution is 5.47.